The molecule has 6 heteroatoms. The molecule has 0 fully saturated rings. The molecule has 5 nitrogen and oxygen atoms in total. The van der Waals surface area contributed by atoms with E-state index in [9.17, 15) is 19.3 Å². The van der Waals surface area contributed by atoms with E-state index in [1.165, 1.54) is 29.2 Å². The first-order chi connectivity index (χ1) is 11.6. The van der Waals surface area contributed by atoms with Gasteiger partial charge in [-0.15, -0.1) is 0 Å². The summed E-state index contributed by atoms with van der Waals surface area (Å²) < 4.78 is 14.1. The Morgan fingerprint density at radius 3 is 2.67 bits per heavy atom. The first kappa shape index (κ1) is 15.9. The van der Waals surface area contributed by atoms with Gasteiger partial charge < -0.3 is 4.90 Å². The summed E-state index contributed by atoms with van der Waals surface area (Å²) in [6.45, 7) is 0.470. The third kappa shape index (κ3) is 3.17. The number of carbonyl (C=O) groups is 1. The number of anilines is 1. The van der Waals surface area contributed by atoms with E-state index in [-0.39, 0.29) is 11.6 Å². The fourth-order valence-electron chi connectivity index (χ4n) is 2.79. The van der Waals surface area contributed by atoms with Crippen LogP contribution in [0.5, 0.6) is 0 Å². The van der Waals surface area contributed by atoms with Crippen LogP contribution in [0.15, 0.2) is 48.5 Å². The Kier molecular flexibility index (Phi) is 4.37. The van der Waals surface area contributed by atoms with Crippen LogP contribution in [0.1, 0.15) is 17.5 Å². The molecule has 0 aliphatic carbocycles. The minimum Gasteiger partial charge on any atom is -0.306 e. The summed E-state index contributed by atoms with van der Waals surface area (Å²) in [6, 6.07) is 10.7. The second-order valence-corrected chi connectivity index (χ2v) is 5.52. The number of hydrogen-bond donors (Lipinski definition) is 0. The second kappa shape index (κ2) is 6.62. The van der Waals surface area contributed by atoms with Crippen molar-refractivity contribution in [2.24, 2.45) is 0 Å². The zero-order chi connectivity index (χ0) is 17.1. The normalized spacial score (nSPS) is 13.8. The van der Waals surface area contributed by atoms with Crippen molar-refractivity contribution >= 4 is 23.4 Å². The zero-order valence-electron chi connectivity index (χ0n) is 12.8. The third-order valence-electron chi connectivity index (χ3n) is 3.96. The van der Waals surface area contributed by atoms with Crippen LogP contribution in [-0.2, 0) is 11.2 Å². The predicted octanol–water partition coefficient (Wildman–Crippen LogP) is 3.73. The highest BCUT2D eigenvalue weighted by Gasteiger charge is 2.24. The molecule has 0 aromatic heterocycles. The molecule has 1 heterocycles. The van der Waals surface area contributed by atoms with Gasteiger partial charge in [0.05, 0.1) is 10.6 Å². The lowest BCUT2D eigenvalue weighted by Crippen LogP contribution is -2.35. The van der Waals surface area contributed by atoms with E-state index in [0.29, 0.717) is 17.8 Å². The Labute approximate surface area is 138 Å². The lowest BCUT2D eigenvalue weighted by Gasteiger charge is -2.28. The van der Waals surface area contributed by atoms with Crippen molar-refractivity contribution in [3.05, 3.63) is 75.6 Å². The van der Waals surface area contributed by atoms with E-state index < -0.39 is 10.7 Å². The number of para-hydroxylation sites is 1. The minimum atomic E-state index is -0.480. The van der Waals surface area contributed by atoms with Crippen molar-refractivity contribution in [1.82, 2.24) is 0 Å². The average Bonchev–Trinajstić information content (AvgIpc) is 2.60. The highest BCUT2D eigenvalue weighted by molar-refractivity contribution is 6.04. The van der Waals surface area contributed by atoms with Gasteiger partial charge in [-0.05, 0) is 48.2 Å². The number of fused-ring (bicyclic) bond motifs is 1. The van der Waals surface area contributed by atoms with Crippen LogP contribution in [0.2, 0.25) is 0 Å². The van der Waals surface area contributed by atoms with Gasteiger partial charge in [0.2, 0.25) is 0 Å². The quantitative estimate of drug-likeness (QED) is 0.490. The van der Waals surface area contributed by atoms with Crippen molar-refractivity contribution in [3.8, 4) is 0 Å². The zero-order valence-corrected chi connectivity index (χ0v) is 12.8. The second-order valence-electron chi connectivity index (χ2n) is 5.52. The van der Waals surface area contributed by atoms with Gasteiger partial charge in [-0.2, -0.15) is 0 Å². The van der Waals surface area contributed by atoms with E-state index in [4.69, 9.17) is 0 Å². The highest BCUT2D eigenvalue weighted by atomic mass is 19.1. The number of hydrogen-bond acceptors (Lipinski definition) is 3. The summed E-state index contributed by atoms with van der Waals surface area (Å²) in [7, 11) is 0. The van der Waals surface area contributed by atoms with E-state index in [2.05, 4.69) is 0 Å². The van der Waals surface area contributed by atoms with Crippen LogP contribution >= 0.6 is 0 Å². The van der Waals surface area contributed by atoms with Crippen molar-refractivity contribution in [2.45, 2.75) is 12.8 Å². The number of aryl methyl sites for hydroxylation is 1. The first-order valence-corrected chi connectivity index (χ1v) is 7.57. The fourth-order valence-corrected chi connectivity index (χ4v) is 2.79. The largest absolute Gasteiger partial charge is 0.306 e. The van der Waals surface area contributed by atoms with Crippen LogP contribution < -0.4 is 4.90 Å². The Balaban J connectivity index is 1.80. The number of non-ortho nitro benzene ring substituents is 1. The van der Waals surface area contributed by atoms with Crippen LogP contribution in [0.4, 0.5) is 15.8 Å². The molecular weight excluding hydrogens is 311 g/mol. The lowest BCUT2D eigenvalue weighted by atomic mass is 10.0. The average molecular weight is 326 g/mol. The summed E-state index contributed by atoms with van der Waals surface area (Å²) in [5, 5.41) is 10.6. The van der Waals surface area contributed by atoms with Crippen LogP contribution in [0, 0.1) is 15.9 Å². The Morgan fingerprint density at radius 1 is 1.21 bits per heavy atom. The minimum absolute atomic E-state index is 0.00879. The summed E-state index contributed by atoms with van der Waals surface area (Å²) >= 11 is 0. The fraction of sp³-hybridized carbons (Fsp3) is 0.167. The van der Waals surface area contributed by atoms with Gasteiger partial charge in [0.25, 0.3) is 11.6 Å². The Bertz CT molecular complexity index is 816. The van der Waals surface area contributed by atoms with E-state index in [1.807, 2.05) is 6.07 Å². The number of benzene rings is 2. The molecule has 0 atom stereocenters. The van der Waals surface area contributed by atoms with E-state index in [0.717, 1.165) is 18.4 Å². The molecule has 0 spiro atoms. The van der Waals surface area contributed by atoms with Gasteiger partial charge >= 0.3 is 0 Å². The molecule has 122 valence electrons. The third-order valence-corrected chi connectivity index (χ3v) is 3.96. The molecule has 0 N–H and O–H groups in total. The van der Waals surface area contributed by atoms with Gasteiger partial charge in [0.1, 0.15) is 5.82 Å². The monoisotopic (exact) mass is 326 g/mol. The molecule has 24 heavy (non-hydrogen) atoms. The molecular formula is C18H15FN2O3. The number of rotatable bonds is 3. The summed E-state index contributed by atoms with van der Waals surface area (Å²) in [5.74, 6) is -0.705. The topological polar surface area (TPSA) is 63.4 Å². The molecule has 1 amide bonds. The number of halogens is 1. The number of carbonyl (C=O) groups excluding carboxylic acids is 1. The molecule has 2 aromatic rings. The van der Waals surface area contributed by atoms with Crippen molar-refractivity contribution < 1.29 is 14.1 Å². The van der Waals surface area contributed by atoms with E-state index >= 15 is 0 Å². The number of amides is 1. The van der Waals surface area contributed by atoms with E-state index in [1.54, 1.807) is 24.3 Å². The molecule has 1 aliphatic rings. The molecule has 0 saturated heterocycles. The summed E-state index contributed by atoms with van der Waals surface area (Å²) in [4.78, 5) is 24.0. The van der Waals surface area contributed by atoms with Crippen molar-refractivity contribution in [1.29, 1.82) is 0 Å². The summed E-state index contributed by atoms with van der Waals surface area (Å²) in [5.41, 5.74) is 1.84. The molecule has 0 saturated carbocycles. The van der Waals surface area contributed by atoms with Gasteiger partial charge in [-0.3, -0.25) is 14.9 Å². The van der Waals surface area contributed by atoms with Gasteiger partial charge in [-0.25, -0.2) is 4.39 Å². The molecule has 0 unspecified atom stereocenters. The predicted molar refractivity (Wildman–Crippen MR) is 89.2 cm³/mol. The standard InChI is InChI=1S/C18H15FN2O3/c19-16-5-1-3-14-4-2-12-20(18(14)16)17(22)11-8-13-6-9-15(10-7-13)21(23)24/h1,3,5-11H,2,4,12H2/b11-8+. The van der Waals surface area contributed by atoms with Crippen LogP contribution in [0.3, 0.4) is 0 Å². The van der Waals surface area contributed by atoms with Crippen molar-refractivity contribution in [3.63, 3.8) is 0 Å². The molecule has 0 radical (unpaired) electrons. The van der Waals surface area contributed by atoms with Gasteiger partial charge in [-0.1, -0.05) is 12.1 Å². The van der Waals surface area contributed by atoms with Gasteiger partial charge in [0, 0.05) is 24.8 Å². The van der Waals surface area contributed by atoms with Crippen LogP contribution in [0.25, 0.3) is 6.08 Å². The molecule has 2 aromatic carbocycles. The maximum absolute atomic E-state index is 14.1. The maximum Gasteiger partial charge on any atom is 0.269 e. The smallest absolute Gasteiger partial charge is 0.269 e. The molecule has 3 rings (SSSR count). The first-order valence-electron chi connectivity index (χ1n) is 7.57. The Morgan fingerprint density at radius 2 is 1.96 bits per heavy atom. The lowest BCUT2D eigenvalue weighted by molar-refractivity contribution is -0.384. The van der Waals surface area contributed by atoms with Crippen molar-refractivity contribution in [2.75, 3.05) is 11.4 Å². The number of nitro groups is 1. The molecule has 0 bridgehead atoms. The number of nitrogens with zero attached hydrogens (tertiary/aromatic N) is 2. The SMILES string of the molecule is O=C(/C=C/c1ccc([N+](=O)[O-])cc1)N1CCCc2cccc(F)c21. The summed E-state index contributed by atoms with van der Waals surface area (Å²) in [6.07, 6.45) is 4.47. The number of nitro benzene ring substituents is 1. The Hall–Kier alpha value is -3.02. The molecule has 1 aliphatic heterocycles. The highest BCUT2D eigenvalue weighted by Crippen LogP contribution is 2.30. The maximum atomic E-state index is 14.1. The van der Waals surface area contributed by atoms with Crippen LogP contribution in [-0.4, -0.2) is 17.4 Å². The van der Waals surface area contributed by atoms with Gasteiger partial charge in [0.15, 0.2) is 0 Å².